The van der Waals surface area contributed by atoms with Crippen molar-refractivity contribution in [2.45, 2.75) is 39.2 Å². The van der Waals surface area contributed by atoms with Gasteiger partial charge < -0.3 is 9.47 Å². The van der Waals surface area contributed by atoms with Crippen LogP contribution in [0.3, 0.4) is 0 Å². The molecule has 0 N–H and O–H groups in total. The first-order valence-electron chi connectivity index (χ1n) is 8.97. The highest BCUT2D eigenvalue weighted by atomic mass is 32.2. The first-order chi connectivity index (χ1) is 12.6. The van der Waals surface area contributed by atoms with E-state index in [4.69, 9.17) is 0 Å². The molecule has 1 aromatic rings. The summed E-state index contributed by atoms with van der Waals surface area (Å²) in [4.78, 5) is 14.4. The predicted molar refractivity (Wildman–Crippen MR) is 104 cm³/mol. The van der Waals surface area contributed by atoms with E-state index in [2.05, 4.69) is 12.6 Å². The lowest BCUT2D eigenvalue weighted by Gasteiger charge is -2.35. The summed E-state index contributed by atoms with van der Waals surface area (Å²) in [6, 6.07) is 3.81. The summed E-state index contributed by atoms with van der Waals surface area (Å²) < 4.78 is 28.5. The van der Waals surface area contributed by atoms with E-state index in [0.717, 1.165) is 29.5 Å². The largest absolute Gasteiger partial charge is 0.348 e. The van der Waals surface area contributed by atoms with Gasteiger partial charge in [0.15, 0.2) is 0 Å². The molecule has 2 rings (SSSR count). The fourth-order valence-corrected chi connectivity index (χ4v) is 4.82. The van der Waals surface area contributed by atoms with E-state index in [-0.39, 0.29) is 19.0 Å². The molecule has 148 valence electrons. The molecule has 0 aliphatic heterocycles. The van der Waals surface area contributed by atoms with Crippen molar-refractivity contribution in [3.63, 3.8) is 0 Å². The third-order valence-electron chi connectivity index (χ3n) is 5.57. The highest BCUT2D eigenvalue weighted by Crippen LogP contribution is 2.41. The Kier molecular flexibility index (Phi) is 6.17. The molecule has 0 radical (unpaired) electrons. The minimum Gasteiger partial charge on any atom is -0.348 e. The van der Waals surface area contributed by atoms with Crippen LogP contribution in [0.15, 0.2) is 18.1 Å². The molecule has 27 heavy (non-hydrogen) atoms. The average molecular weight is 393 g/mol. The number of nitrogens with zero attached hydrogens (tertiary/aromatic N) is 4. The number of carbonyl (C=O) groups is 1. The van der Waals surface area contributed by atoms with Crippen molar-refractivity contribution in [1.82, 2.24) is 13.8 Å². The molecule has 0 spiro atoms. The van der Waals surface area contributed by atoms with Gasteiger partial charge in [-0.25, -0.2) is 8.42 Å². The van der Waals surface area contributed by atoms with Crippen LogP contribution >= 0.6 is 0 Å². The van der Waals surface area contributed by atoms with Crippen molar-refractivity contribution in [2.75, 3.05) is 20.6 Å². The summed E-state index contributed by atoms with van der Waals surface area (Å²) in [6.45, 7) is 5.53. The van der Waals surface area contributed by atoms with Gasteiger partial charge in [0.05, 0.1) is 5.41 Å². The van der Waals surface area contributed by atoms with Crippen LogP contribution in [-0.2, 0) is 28.4 Å². The van der Waals surface area contributed by atoms with Gasteiger partial charge in [0.25, 0.3) is 0 Å². The summed E-state index contributed by atoms with van der Waals surface area (Å²) >= 11 is 0. The number of sulfonamides is 1. The standard InChI is InChI=1S/C19H28N4O3S/c1-6-27(25,26)23(13-16-11-17(12-20)22(5)15(16)2)14-19(9-7-8-10-19)18(24)21(3)4/h6,11H,1,7-10,13-14H2,2-5H3. The van der Waals surface area contributed by atoms with Gasteiger partial charge in [-0.15, -0.1) is 0 Å². The molecule has 0 saturated heterocycles. The SMILES string of the molecule is C=CS(=O)(=O)N(Cc1cc(C#N)n(C)c1C)CC1(C(=O)N(C)C)CCCC1. The molecule has 1 aromatic heterocycles. The molecule has 1 saturated carbocycles. The van der Waals surface area contributed by atoms with E-state index >= 15 is 0 Å². The molecule has 0 bridgehead atoms. The van der Waals surface area contributed by atoms with Gasteiger partial charge in [-0.2, -0.15) is 9.57 Å². The van der Waals surface area contributed by atoms with Crippen LogP contribution in [0.5, 0.6) is 0 Å². The Hall–Kier alpha value is -2.11. The minimum absolute atomic E-state index is 0.0354. The summed E-state index contributed by atoms with van der Waals surface area (Å²) in [6.07, 6.45) is 3.16. The lowest BCUT2D eigenvalue weighted by Crippen LogP contribution is -2.47. The van der Waals surface area contributed by atoms with Crippen LogP contribution in [0.2, 0.25) is 0 Å². The zero-order chi connectivity index (χ0) is 20.4. The van der Waals surface area contributed by atoms with Crippen LogP contribution in [0.25, 0.3) is 0 Å². The van der Waals surface area contributed by atoms with Gasteiger partial charge in [0.1, 0.15) is 11.8 Å². The molecule has 8 heteroatoms. The molecule has 1 fully saturated rings. The maximum Gasteiger partial charge on any atom is 0.235 e. The Morgan fingerprint density at radius 3 is 2.44 bits per heavy atom. The molecule has 1 amide bonds. The minimum atomic E-state index is -3.74. The number of amides is 1. The number of nitriles is 1. The van der Waals surface area contributed by atoms with Crippen LogP contribution < -0.4 is 0 Å². The van der Waals surface area contributed by atoms with Crippen LogP contribution in [0.4, 0.5) is 0 Å². The van der Waals surface area contributed by atoms with Crippen molar-refractivity contribution in [1.29, 1.82) is 5.26 Å². The van der Waals surface area contributed by atoms with Crippen molar-refractivity contribution < 1.29 is 13.2 Å². The summed E-state index contributed by atoms with van der Waals surface area (Å²) in [5.74, 6) is -0.0354. The van der Waals surface area contributed by atoms with Gasteiger partial charge in [-0.3, -0.25) is 4.79 Å². The Bertz CT molecular complexity index is 872. The topological polar surface area (TPSA) is 86.4 Å². The number of hydrogen-bond acceptors (Lipinski definition) is 4. The average Bonchev–Trinajstić information content (AvgIpc) is 3.21. The molecule has 1 aliphatic rings. The molecule has 7 nitrogen and oxygen atoms in total. The lowest BCUT2D eigenvalue weighted by atomic mass is 9.84. The number of carbonyl (C=O) groups excluding carboxylic acids is 1. The maximum absolute atomic E-state index is 12.9. The number of hydrogen-bond donors (Lipinski definition) is 0. The second-order valence-electron chi connectivity index (χ2n) is 7.48. The molecule has 0 aromatic carbocycles. The Balaban J connectivity index is 2.43. The van der Waals surface area contributed by atoms with E-state index in [1.165, 1.54) is 4.31 Å². The lowest BCUT2D eigenvalue weighted by molar-refractivity contribution is -0.139. The van der Waals surface area contributed by atoms with Gasteiger partial charge in [0, 0.05) is 45.3 Å². The van der Waals surface area contributed by atoms with Gasteiger partial charge in [-0.1, -0.05) is 19.4 Å². The fraction of sp³-hybridized carbons (Fsp3) is 0.579. The molecule has 0 unspecified atom stereocenters. The smallest absolute Gasteiger partial charge is 0.235 e. The van der Waals surface area contributed by atoms with Crippen LogP contribution in [0.1, 0.15) is 42.6 Å². The van der Waals surface area contributed by atoms with Gasteiger partial charge in [0.2, 0.25) is 15.9 Å². The van der Waals surface area contributed by atoms with Crippen molar-refractivity contribution in [3.8, 4) is 6.07 Å². The Labute approximate surface area is 161 Å². The second-order valence-corrected chi connectivity index (χ2v) is 9.36. The summed E-state index contributed by atoms with van der Waals surface area (Å²) in [7, 11) is 1.45. The highest BCUT2D eigenvalue weighted by Gasteiger charge is 2.45. The van der Waals surface area contributed by atoms with Crippen molar-refractivity contribution in [2.24, 2.45) is 12.5 Å². The molecular weight excluding hydrogens is 364 g/mol. The van der Waals surface area contributed by atoms with Gasteiger partial charge in [-0.05, 0) is 31.4 Å². The third-order valence-corrected chi connectivity index (χ3v) is 6.97. The van der Waals surface area contributed by atoms with E-state index in [0.29, 0.717) is 18.5 Å². The first-order valence-corrected chi connectivity index (χ1v) is 10.5. The third kappa shape index (κ3) is 4.09. The first kappa shape index (κ1) is 21.2. The Morgan fingerprint density at radius 2 is 2.00 bits per heavy atom. The predicted octanol–water partition coefficient (Wildman–Crippen LogP) is 2.13. The van der Waals surface area contributed by atoms with E-state index in [1.54, 1.807) is 36.7 Å². The van der Waals surface area contributed by atoms with E-state index < -0.39 is 15.4 Å². The second kappa shape index (κ2) is 7.87. The summed E-state index contributed by atoms with van der Waals surface area (Å²) in [5, 5.41) is 10.2. The normalized spacial score (nSPS) is 16.3. The van der Waals surface area contributed by atoms with Crippen LogP contribution in [-0.4, -0.2) is 48.7 Å². The molecule has 0 atom stereocenters. The molecular formula is C19H28N4O3S. The zero-order valence-electron chi connectivity index (χ0n) is 16.5. The van der Waals surface area contributed by atoms with Crippen molar-refractivity contribution >= 4 is 15.9 Å². The quantitative estimate of drug-likeness (QED) is 0.711. The fourth-order valence-electron chi connectivity index (χ4n) is 3.86. The zero-order valence-corrected chi connectivity index (χ0v) is 17.3. The summed E-state index contributed by atoms with van der Waals surface area (Å²) in [5.41, 5.74) is 1.35. The van der Waals surface area contributed by atoms with E-state index in [9.17, 15) is 18.5 Å². The molecule has 1 aliphatic carbocycles. The van der Waals surface area contributed by atoms with E-state index in [1.807, 2.05) is 6.92 Å². The van der Waals surface area contributed by atoms with Crippen molar-refractivity contribution in [3.05, 3.63) is 35.0 Å². The molecule has 1 heterocycles. The maximum atomic E-state index is 12.9. The monoisotopic (exact) mass is 392 g/mol. The van der Waals surface area contributed by atoms with Crippen LogP contribution in [0, 0.1) is 23.7 Å². The number of aromatic nitrogens is 1. The van der Waals surface area contributed by atoms with Gasteiger partial charge >= 0.3 is 0 Å². The number of rotatable bonds is 7. The highest BCUT2D eigenvalue weighted by molar-refractivity contribution is 7.92. The Morgan fingerprint density at radius 1 is 1.41 bits per heavy atom.